The van der Waals surface area contributed by atoms with E-state index in [-0.39, 0.29) is 0 Å². The molecule has 3 rings (SSSR count). The highest BCUT2D eigenvalue weighted by molar-refractivity contribution is 5.51. The van der Waals surface area contributed by atoms with Gasteiger partial charge in [-0.1, -0.05) is 24.3 Å². The smallest absolute Gasteiger partial charge is 0.121 e. The zero-order chi connectivity index (χ0) is 13.9. The van der Waals surface area contributed by atoms with Gasteiger partial charge < -0.3 is 10.1 Å². The van der Waals surface area contributed by atoms with E-state index >= 15 is 0 Å². The minimum absolute atomic E-state index is 0.797. The fourth-order valence-electron chi connectivity index (χ4n) is 2.67. The predicted molar refractivity (Wildman–Crippen MR) is 83.5 cm³/mol. The summed E-state index contributed by atoms with van der Waals surface area (Å²) in [7, 11) is 1.71. The normalized spacial score (nSPS) is 14.1. The molecule has 1 aliphatic rings. The number of anilines is 1. The molecule has 0 bridgehead atoms. The van der Waals surface area contributed by atoms with E-state index in [0.717, 1.165) is 29.5 Å². The summed E-state index contributed by atoms with van der Waals surface area (Å²) in [6, 6.07) is 15.0. The van der Waals surface area contributed by atoms with Crippen LogP contribution in [0.4, 0.5) is 5.69 Å². The molecule has 1 saturated carbocycles. The number of methoxy groups -OCH3 is 1. The Labute approximate surface area is 120 Å². The summed E-state index contributed by atoms with van der Waals surface area (Å²) >= 11 is 0. The average Bonchev–Trinajstić information content (AvgIpc) is 3.30. The molecule has 0 atom stereocenters. The van der Waals surface area contributed by atoms with Gasteiger partial charge in [-0.05, 0) is 60.6 Å². The van der Waals surface area contributed by atoms with Crippen molar-refractivity contribution in [1.82, 2.24) is 0 Å². The first-order valence-electron chi connectivity index (χ1n) is 7.24. The Kier molecular flexibility index (Phi) is 3.64. The molecule has 0 radical (unpaired) electrons. The highest BCUT2D eigenvalue weighted by Crippen LogP contribution is 2.41. The molecule has 2 heteroatoms. The van der Waals surface area contributed by atoms with Gasteiger partial charge in [-0.25, -0.2) is 0 Å². The summed E-state index contributed by atoms with van der Waals surface area (Å²) in [5, 5.41) is 3.52. The van der Waals surface area contributed by atoms with Gasteiger partial charge in [0.05, 0.1) is 7.11 Å². The quantitative estimate of drug-likeness (QED) is 0.861. The maximum Gasteiger partial charge on any atom is 0.121 e. The number of rotatable bonds is 5. The van der Waals surface area contributed by atoms with Crippen LogP contribution in [0.3, 0.4) is 0 Å². The molecule has 0 heterocycles. The Bertz CT molecular complexity index is 602. The second kappa shape index (κ2) is 5.58. The van der Waals surface area contributed by atoms with Gasteiger partial charge in [0.25, 0.3) is 0 Å². The lowest BCUT2D eigenvalue weighted by atomic mass is 10.0. The second-order valence-corrected chi connectivity index (χ2v) is 5.51. The molecular weight excluding hydrogens is 246 g/mol. The van der Waals surface area contributed by atoms with E-state index in [4.69, 9.17) is 4.74 Å². The van der Waals surface area contributed by atoms with E-state index in [9.17, 15) is 0 Å². The van der Waals surface area contributed by atoms with Crippen molar-refractivity contribution in [3.63, 3.8) is 0 Å². The molecule has 2 nitrogen and oxygen atoms in total. The molecule has 0 aliphatic heterocycles. The van der Waals surface area contributed by atoms with Crippen LogP contribution in [-0.2, 0) is 6.54 Å². The first-order chi connectivity index (χ1) is 9.78. The lowest BCUT2D eigenvalue weighted by Gasteiger charge is -2.12. The highest BCUT2D eigenvalue weighted by atomic mass is 16.5. The minimum Gasteiger partial charge on any atom is -0.496 e. The lowest BCUT2D eigenvalue weighted by molar-refractivity contribution is 0.412. The van der Waals surface area contributed by atoms with Gasteiger partial charge in [0.2, 0.25) is 0 Å². The molecule has 0 aromatic heterocycles. The Hall–Kier alpha value is -1.96. The number of ether oxygens (including phenoxy) is 1. The molecule has 1 fully saturated rings. The highest BCUT2D eigenvalue weighted by Gasteiger charge is 2.25. The fraction of sp³-hybridized carbons (Fsp3) is 0.333. The van der Waals surface area contributed by atoms with Gasteiger partial charge in [-0.15, -0.1) is 0 Å². The summed E-state index contributed by atoms with van der Waals surface area (Å²) in [6.45, 7) is 2.96. The Balaban J connectivity index is 1.72. The van der Waals surface area contributed by atoms with Crippen LogP contribution in [0.2, 0.25) is 0 Å². The Morgan fingerprint density at radius 3 is 2.65 bits per heavy atom. The van der Waals surface area contributed by atoms with Gasteiger partial charge in [0, 0.05) is 12.2 Å². The average molecular weight is 267 g/mol. The van der Waals surface area contributed by atoms with Crippen LogP contribution in [0, 0.1) is 6.92 Å². The van der Waals surface area contributed by atoms with Crippen molar-refractivity contribution in [2.75, 3.05) is 12.4 Å². The molecule has 104 valence electrons. The van der Waals surface area contributed by atoms with E-state index < -0.39 is 0 Å². The molecule has 1 N–H and O–H groups in total. The zero-order valence-electron chi connectivity index (χ0n) is 12.1. The van der Waals surface area contributed by atoms with Crippen LogP contribution >= 0.6 is 0 Å². The standard InChI is InChI=1S/C18H21NO/c1-13-11-16(9-10-18(13)20-2)19-12-15-5-3-4-6-17(15)14-7-8-14/h3-6,9-11,14,19H,7-8,12H2,1-2H3. The van der Waals surface area contributed by atoms with Crippen molar-refractivity contribution in [1.29, 1.82) is 0 Å². The zero-order valence-corrected chi connectivity index (χ0v) is 12.1. The second-order valence-electron chi connectivity index (χ2n) is 5.51. The molecule has 0 unspecified atom stereocenters. The molecule has 0 amide bonds. The number of aryl methyl sites for hydroxylation is 1. The summed E-state index contributed by atoms with van der Waals surface area (Å²) < 4.78 is 5.29. The van der Waals surface area contributed by atoms with Crippen molar-refractivity contribution in [3.05, 3.63) is 59.2 Å². The predicted octanol–water partition coefficient (Wildman–Crippen LogP) is 4.49. The van der Waals surface area contributed by atoms with Crippen LogP contribution in [-0.4, -0.2) is 7.11 Å². The van der Waals surface area contributed by atoms with E-state index in [1.807, 2.05) is 6.07 Å². The van der Waals surface area contributed by atoms with Crippen molar-refractivity contribution in [2.24, 2.45) is 0 Å². The first-order valence-corrected chi connectivity index (χ1v) is 7.24. The molecule has 20 heavy (non-hydrogen) atoms. The number of benzene rings is 2. The third kappa shape index (κ3) is 2.79. The third-order valence-corrected chi connectivity index (χ3v) is 3.95. The molecule has 0 spiro atoms. The van der Waals surface area contributed by atoms with Crippen LogP contribution in [0.1, 0.15) is 35.4 Å². The Morgan fingerprint density at radius 1 is 1.15 bits per heavy atom. The largest absolute Gasteiger partial charge is 0.496 e. The topological polar surface area (TPSA) is 21.3 Å². The molecule has 2 aromatic carbocycles. The van der Waals surface area contributed by atoms with Gasteiger partial charge in [-0.2, -0.15) is 0 Å². The number of nitrogens with one attached hydrogen (secondary N) is 1. The van der Waals surface area contributed by atoms with E-state index in [1.54, 1.807) is 7.11 Å². The first kappa shape index (κ1) is 13.0. The van der Waals surface area contributed by atoms with Crippen LogP contribution in [0.25, 0.3) is 0 Å². The summed E-state index contributed by atoms with van der Waals surface area (Å²) in [5.41, 5.74) is 5.25. The Morgan fingerprint density at radius 2 is 1.95 bits per heavy atom. The fourth-order valence-corrected chi connectivity index (χ4v) is 2.67. The summed E-state index contributed by atoms with van der Waals surface area (Å²) in [4.78, 5) is 0. The SMILES string of the molecule is COc1ccc(NCc2ccccc2C2CC2)cc1C. The van der Waals surface area contributed by atoms with Gasteiger partial charge >= 0.3 is 0 Å². The van der Waals surface area contributed by atoms with Crippen LogP contribution in [0.5, 0.6) is 5.75 Å². The number of hydrogen-bond acceptors (Lipinski definition) is 2. The monoisotopic (exact) mass is 267 g/mol. The minimum atomic E-state index is 0.797. The molecule has 1 aliphatic carbocycles. The molecular formula is C18H21NO. The van der Waals surface area contributed by atoms with Crippen LogP contribution < -0.4 is 10.1 Å². The van der Waals surface area contributed by atoms with Crippen molar-refractivity contribution < 1.29 is 4.74 Å². The summed E-state index contributed by atoms with van der Waals surface area (Å²) in [6.07, 6.45) is 2.69. The van der Waals surface area contributed by atoms with Crippen molar-refractivity contribution in [2.45, 2.75) is 32.2 Å². The van der Waals surface area contributed by atoms with Crippen molar-refractivity contribution in [3.8, 4) is 5.75 Å². The molecule has 2 aromatic rings. The van der Waals surface area contributed by atoms with Gasteiger partial charge in [0.1, 0.15) is 5.75 Å². The summed E-state index contributed by atoms with van der Waals surface area (Å²) in [5.74, 6) is 1.74. The van der Waals surface area contributed by atoms with Crippen molar-refractivity contribution >= 4 is 5.69 Å². The van der Waals surface area contributed by atoms with Gasteiger partial charge in [0.15, 0.2) is 0 Å². The van der Waals surface area contributed by atoms with E-state index in [0.29, 0.717) is 0 Å². The molecule has 0 saturated heterocycles. The lowest BCUT2D eigenvalue weighted by Crippen LogP contribution is -2.02. The number of hydrogen-bond donors (Lipinski definition) is 1. The maximum atomic E-state index is 5.29. The van der Waals surface area contributed by atoms with Gasteiger partial charge in [-0.3, -0.25) is 0 Å². The van der Waals surface area contributed by atoms with E-state index in [1.165, 1.54) is 24.0 Å². The maximum absolute atomic E-state index is 5.29. The third-order valence-electron chi connectivity index (χ3n) is 3.95. The van der Waals surface area contributed by atoms with E-state index in [2.05, 4.69) is 48.6 Å². The van der Waals surface area contributed by atoms with Crippen LogP contribution in [0.15, 0.2) is 42.5 Å².